The Kier molecular flexibility index (Phi) is 7.17. The van der Waals surface area contributed by atoms with E-state index in [4.69, 9.17) is 21.1 Å². The van der Waals surface area contributed by atoms with Crippen molar-refractivity contribution in [3.8, 4) is 11.5 Å². The average Bonchev–Trinajstić information content (AvgIpc) is 3.12. The monoisotopic (exact) mass is 464 g/mol. The molecule has 0 fully saturated rings. The van der Waals surface area contributed by atoms with E-state index < -0.39 is 0 Å². The molecule has 0 aliphatic heterocycles. The predicted octanol–water partition coefficient (Wildman–Crippen LogP) is 4.41. The van der Waals surface area contributed by atoms with Gasteiger partial charge in [0.05, 0.1) is 36.2 Å². The molecule has 1 aromatic carbocycles. The van der Waals surface area contributed by atoms with Gasteiger partial charge in [-0.15, -0.1) is 0 Å². The van der Waals surface area contributed by atoms with Gasteiger partial charge in [-0.1, -0.05) is 30.3 Å². The third-order valence-corrected chi connectivity index (χ3v) is 6.15. The van der Waals surface area contributed by atoms with Crippen LogP contribution < -0.4 is 20.3 Å². The highest BCUT2D eigenvalue weighted by molar-refractivity contribution is 7.99. The van der Waals surface area contributed by atoms with Crippen molar-refractivity contribution in [1.29, 1.82) is 0 Å². The summed E-state index contributed by atoms with van der Waals surface area (Å²) in [5, 5.41) is 3.65. The second-order valence-electron chi connectivity index (χ2n) is 7.06. The fraction of sp³-hybridized carbons (Fsp3) is 0.381. The molecule has 3 rings (SSSR count). The molecule has 0 spiro atoms. The van der Waals surface area contributed by atoms with E-state index >= 15 is 0 Å². The molecule has 3 aromatic rings. The molecular weight excluding hydrogens is 440 g/mol. The van der Waals surface area contributed by atoms with Crippen LogP contribution in [0.4, 0.5) is 5.69 Å². The molecule has 1 atom stereocenters. The zero-order chi connectivity index (χ0) is 22.7. The molecule has 0 unspecified atom stereocenters. The minimum atomic E-state index is -0.278. The Bertz CT molecular complexity index is 1170. The molecule has 0 radical (unpaired) electrons. The Labute approximate surface area is 189 Å². The lowest BCUT2D eigenvalue weighted by molar-refractivity contribution is -0.113. The minimum Gasteiger partial charge on any atom is -0.495 e. The number of carbonyl (C=O) groups excluding carboxylic acids is 1. The normalized spacial score (nSPS) is 12.1. The quantitative estimate of drug-likeness (QED) is 0.378. The number of ether oxygens (including phenoxy) is 2. The van der Waals surface area contributed by atoms with Crippen LogP contribution in [-0.4, -0.2) is 40.4 Å². The van der Waals surface area contributed by atoms with E-state index in [1.807, 2.05) is 26.8 Å². The lowest BCUT2D eigenvalue weighted by atomic mass is 10.2. The number of fused-ring (bicyclic) bond motifs is 1. The summed E-state index contributed by atoms with van der Waals surface area (Å²) in [7, 11) is 3.00. The van der Waals surface area contributed by atoms with Gasteiger partial charge in [-0.3, -0.25) is 14.2 Å². The van der Waals surface area contributed by atoms with Crippen molar-refractivity contribution in [3.05, 3.63) is 39.3 Å². The fourth-order valence-electron chi connectivity index (χ4n) is 3.14. The SMILES string of the molecule is CC[C@@H](C)n1c(SCC(=O)Nc2cc(Cl)c(OC)cc2OC)nc2cc(C)[nH]c2c1=O. The molecule has 0 bridgehead atoms. The van der Waals surface area contributed by atoms with Crippen molar-refractivity contribution in [2.24, 2.45) is 0 Å². The number of hydrogen-bond acceptors (Lipinski definition) is 6. The second kappa shape index (κ2) is 9.65. The Morgan fingerprint density at radius 2 is 2.00 bits per heavy atom. The van der Waals surface area contributed by atoms with Crippen LogP contribution in [0, 0.1) is 6.92 Å². The van der Waals surface area contributed by atoms with Gasteiger partial charge < -0.3 is 19.8 Å². The van der Waals surface area contributed by atoms with Crippen molar-refractivity contribution >= 4 is 46.0 Å². The van der Waals surface area contributed by atoms with E-state index in [9.17, 15) is 9.59 Å². The fourth-order valence-corrected chi connectivity index (χ4v) is 4.28. The highest BCUT2D eigenvalue weighted by atomic mass is 35.5. The van der Waals surface area contributed by atoms with Crippen LogP contribution in [0.1, 0.15) is 32.0 Å². The number of amides is 1. The molecule has 0 saturated carbocycles. The van der Waals surface area contributed by atoms with E-state index in [-0.39, 0.29) is 23.3 Å². The van der Waals surface area contributed by atoms with Gasteiger partial charge in [-0.2, -0.15) is 0 Å². The van der Waals surface area contributed by atoms with E-state index in [1.54, 1.807) is 16.7 Å². The van der Waals surface area contributed by atoms with Gasteiger partial charge in [0.15, 0.2) is 5.16 Å². The van der Waals surface area contributed by atoms with Crippen LogP contribution in [0.25, 0.3) is 11.0 Å². The van der Waals surface area contributed by atoms with E-state index in [2.05, 4.69) is 15.3 Å². The van der Waals surface area contributed by atoms with E-state index in [0.29, 0.717) is 38.4 Å². The molecule has 0 aliphatic rings. The number of benzene rings is 1. The third kappa shape index (κ3) is 4.83. The summed E-state index contributed by atoms with van der Waals surface area (Å²) in [5.41, 5.74) is 2.22. The maximum absolute atomic E-state index is 13.0. The Balaban J connectivity index is 1.85. The molecule has 0 saturated heterocycles. The highest BCUT2D eigenvalue weighted by Gasteiger charge is 2.19. The maximum Gasteiger partial charge on any atom is 0.278 e. The number of carbonyl (C=O) groups is 1. The summed E-state index contributed by atoms with van der Waals surface area (Å²) < 4.78 is 12.1. The molecular formula is C21H25ClN4O4S. The number of aryl methyl sites for hydroxylation is 1. The van der Waals surface area contributed by atoms with Crippen LogP contribution >= 0.6 is 23.4 Å². The first-order valence-corrected chi connectivity index (χ1v) is 11.1. The Hall–Kier alpha value is -2.65. The van der Waals surface area contributed by atoms with Crippen LogP contribution in [-0.2, 0) is 4.79 Å². The number of aromatic nitrogens is 3. The number of H-pyrrole nitrogens is 1. The lowest BCUT2D eigenvalue weighted by Crippen LogP contribution is -2.26. The number of hydrogen-bond donors (Lipinski definition) is 2. The van der Waals surface area contributed by atoms with Gasteiger partial charge >= 0.3 is 0 Å². The molecule has 8 nitrogen and oxygen atoms in total. The second-order valence-corrected chi connectivity index (χ2v) is 8.41. The summed E-state index contributed by atoms with van der Waals surface area (Å²) in [5.74, 6) is 0.658. The summed E-state index contributed by atoms with van der Waals surface area (Å²) >= 11 is 7.38. The molecule has 1 amide bonds. The van der Waals surface area contributed by atoms with Gasteiger partial charge in [0.2, 0.25) is 5.91 Å². The van der Waals surface area contributed by atoms with Crippen molar-refractivity contribution in [2.45, 2.75) is 38.4 Å². The van der Waals surface area contributed by atoms with Crippen molar-refractivity contribution < 1.29 is 14.3 Å². The number of aromatic amines is 1. The summed E-state index contributed by atoms with van der Waals surface area (Å²) in [6, 6.07) is 4.95. The van der Waals surface area contributed by atoms with Gasteiger partial charge in [-0.05, 0) is 32.4 Å². The summed E-state index contributed by atoms with van der Waals surface area (Å²) in [6.45, 7) is 5.84. The van der Waals surface area contributed by atoms with E-state index in [0.717, 1.165) is 12.1 Å². The standard InChI is InChI=1S/C21H25ClN4O4S/c1-6-12(3)26-20(28)19-15(7-11(2)23-19)25-21(26)31-10-18(27)24-14-8-13(22)16(29-4)9-17(14)30-5/h7-9,12,23H,6,10H2,1-5H3,(H,24,27)/t12-/m1/s1. The first-order valence-electron chi connectivity index (χ1n) is 9.75. The highest BCUT2D eigenvalue weighted by Crippen LogP contribution is 2.36. The Morgan fingerprint density at radius 3 is 2.65 bits per heavy atom. The Morgan fingerprint density at radius 1 is 1.29 bits per heavy atom. The molecule has 10 heteroatoms. The number of rotatable bonds is 8. The topological polar surface area (TPSA) is 98.2 Å². The number of thioether (sulfide) groups is 1. The first-order chi connectivity index (χ1) is 14.8. The minimum absolute atomic E-state index is 0.0564. The van der Waals surface area contributed by atoms with Crippen LogP contribution in [0.15, 0.2) is 28.2 Å². The zero-order valence-electron chi connectivity index (χ0n) is 18.0. The van der Waals surface area contributed by atoms with Gasteiger partial charge in [-0.25, -0.2) is 4.98 Å². The molecule has 2 heterocycles. The van der Waals surface area contributed by atoms with Crippen molar-refractivity contribution in [1.82, 2.24) is 14.5 Å². The zero-order valence-corrected chi connectivity index (χ0v) is 19.6. The average molecular weight is 465 g/mol. The first kappa shape index (κ1) is 23.0. The molecule has 0 aliphatic carbocycles. The van der Waals surface area contributed by atoms with E-state index in [1.165, 1.54) is 26.0 Å². The molecule has 31 heavy (non-hydrogen) atoms. The lowest BCUT2D eigenvalue weighted by Gasteiger charge is -2.17. The van der Waals surface area contributed by atoms with Gasteiger partial charge in [0, 0.05) is 17.8 Å². The number of nitrogens with zero attached hydrogens (tertiary/aromatic N) is 2. The summed E-state index contributed by atoms with van der Waals surface area (Å²) in [4.78, 5) is 33.4. The number of methoxy groups -OCH3 is 2. The predicted molar refractivity (Wildman–Crippen MR) is 124 cm³/mol. The van der Waals surface area contributed by atoms with Crippen molar-refractivity contribution in [3.63, 3.8) is 0 Å². The molecule has 166 valence electrons. The van der Waals surface area contributed by atoms with Crippen molar-refractivity contribution in [2.75, 3.05) is 25.3 Å². The van der Waals surface area contributed by atoms with Crippen LogP contribution in [0.2, 0.25) is 5.02 Å². The number of anilines is 1. The summed E-state index contributed by atoms with van der Waals surface area (Å²) in [6.07, 6.45) is 0.758. The molecule has 2 N–H and O–H groups in total. The van der Waals surface area contributed by atoms with Gasteiger partial charge in [0.25, 0.3) is 5.56 Å². The van der Waals surface area contributed by atoms with Crippen LogP contribution in [0.3, 0.4) is 0 Å². The van der Waals surface area contributed by atoms with Crippen LogP contribution in [0.5, 0.6) is 11.5 Å². The number of nitrogens with one attached hydrogen (secondary N) is 2. The van der Waals surface area contributed by atoms with Gasteiger partial charge in [0.1, 0.15) is 17.0 Å². The smallest absolute Gasteiger partial charge is 0.278 e. The number of halogens is 1. The molecule has 2 aromatic heterocycles. The largest absolute Gasteiger partial charge is 0.495 e. The third-order valence-electron chi connectivity index (χ3n) is 4.90. The maximum atomic E-state index is 13.0.